The second kappa shape index (κ2) is 8.70. The predicted molar refractivity (Wildman–Crippen MR) is 112 cm³/mol. The molecular weight excluding hydrogens is 400 g/mol. The molecule has 0 fully saturated rings. The smallest absolute Gasteiger partial charge is 0.191 e. The van der Waals surface area contributed by atoms with Gasteiger partial charge < -0.3 is 15.2 Å². The van der Waals surface area contributed by atoms with E-state index in [0.717, 1.165) is 24.8 Å². The molecule has 6 nitrogen and oxygen atoms in total. The Bertz CT molecular complexity index is 1020. The first-order chi connectivity index (χ1) is 14.5. The molecule has 2 atom stereocenters. The number of ether oxygens (including phenoxy) is 2. The van der Waals surface area contributed by atoms with Crippen molar-refractivity contribution in [3.8, 4) is 29.7 Å². The molecule has 2 N–H and O–H groups in total. The van der Waals surface area contributed by atoms with Crippen molar-refractivity contribution in [1.82, 2.24) is 0 Å². The number of halogens is 1. The van der Waals surface area contributed by atoms with Crippen molar-refractivity contribution in [1.29, 1.82) is 15.8 Å². The SMILES string of the molecule is CCOc1cc(Cl)c([C@H]2[C@H]3CCCC=C3C(C#N)=C(N)C2(C#N)C#N)cc1OCC. The molecule has 7 heteroatoms. The van der Waals surface area contributed by atoms with E-state index in [9.17, 15) is 15.8 Å². The molecule has 1 aromatic rings. The zero-order valence-electron chi connectivity index (χ0n) is 17.0. The standard InChI is InChI=1S/C23H23ClN4O2/c1-3-29-19-9-16(18(24)10-20(19)30-4-2)21-15-8-6-5-7-14(15)17(11-25)22(28)23(21,12-26)13-27/h7,9-10,15,21H,3-6,8,28H2,1-2H3/t15-,21+/m0/s1. The molecule has 0 unspecified atom stereocenters. The summed E-state index contributed by atoms with van der Waals surface area (Å²) >= 11 is 6.67. The summed E-state index contributed by atoms with van der Waals surface area (Å²) in [4.78, 5) is 0. The Morgan fingerprint density at radius 1 is 1.13 bits per heavy atom. The zero-order chi connectivity index (χ0) is 21.9. The fourth-order valence-corrected chi connectivity index (χ4v) is 4.81. The highest BCUT2D eigenvalue weighted by Gasteiger charge is 2.54. The van der Waals surface area contributed by atoms with Gasteiger partial charge in [0.2, 0.25) is 0 Å². The van der Waals surface area contributed by atoms with E-state index in [0.29, 0.717) is 35.3 Å². The van der Waals surface area contributed by atoms with Crippen LogP contribution in [0.3, 0.4) is 0 Å². The van der Waals surface area contributed by atoms with Crippen molar-refractivity contribution >= 4 is 11.6 Å². The van der Waals surface area contributed by atoms with Crippen LogP contribution in [0.2, 0.25) is 5.02 Å². The molecule has 1 aromatic carbocycles. The number of hydrogen-bond donors (Lipinski definition) is 1. The molecule has 0 aromatic heterocycles. The Hall–Kier alpha value is -3.14. The minimum atomic E-state index is -1.70. The van der Waals surface area contributed by atoms with Gasteiger partial charge in [-0.25, -0.2) is 0 Å². The van der Waals surface area contributed by atoms with Crippen LogP contribution in [0.4, 0.5) is 0 Å². The molecule has 0 saturated heterocycles. The number of nitrogens with zero attached hydrogens (tertiary/aromatic N) is 3. The van der Waals surface area contributed by atoms with Gasteiger partial charge in [-0.15, -0.1) is 0 Å². The summed E-state index contributed by atoms with van der Waals surface area (Å²) in [5.41, 5.74) is 6.25. The van der Waals surface area contributed by atoms with Crippen LogP contribution in [0.25, 0.3) is 0 Å². The number of hydrogen-bond acceptors (Lipinski definition) is 6. The molecule has 0 saturated carbocycles. The summed E-state index contributed by atoms with van der Waals surface area (Å²) in [6.45, 7) is 4.59. The van der Waals surface area contributed by atoms with Gasteiger partial charge in [-0.05, 0) is 56.2 Å². The van der Waals surface area contributed by atoms with Crippen LogP contribution in [0, 0.1) is 45.3 Å². The highest BCUT2D eigenvalue weighted by Crippen LogP contribution is 2.57. The molecular formula is C23H23ClN4O2. The van der Waals surface area contributed by atoms with Crippen molar-refractivity contribution in [3.05, 3.63) is 45.6 Å². The van der Waals surface area contributed by atoms with Crippen LogP contribution < -0.4 is 15.2 Å². The average molecular weight is 423 g/mol. The first-order valence-corrected chi connectivity index (χ1v) is 10.4. The van der Waals surface area contributed by atoms with Crippen molar-refractivity contribution in [2.75, 3.05) is 13.2 Å². The lowest BCUT2D eigenvalue weighted by atomic mass is 9.56. The maximum atomic E-state index is 10.1. The van der Waals surface area contributed by atoms with Crippen LogP contribution in [0.5, 0.6) is 11.5 Å². The molecule has 0 aliphatic heterocycles. The Morgan fingerprint density at radius 3 is 2.33 bits per heavy atom. The Kier molecular flexibility index (Phi) is 6.25. The Labute approximate surface area is 181 Å². The van der Waals surface area contributed by atoms with Gasteiger partial charge in [-0.1, -0.05) is 17.7 Å². The molecule has 154 valence electrons. The second-order valence-electron chi connectivity index (χ2n) is 7.29. The van der Waals surface area contributed by atoms with Crippen molar-refractivity contribution < 1.29 is 9.47 Å². The molecule has 0 radical (unpaired) electrons. The number of nitriles is 3. The van der Waals surface area contributed by atoms with Crippen molar-refractivity contribution in [3.63, 3.8) is 0 Å². The minimum absolute atomic E-state index is 0.00712. The molecule has 0 heterocycles. The normalized spacial score (nSPS) is 22.1. The minimum Gasteiger partial charge on any atom is -0.490 e. The van der Waals surface area contributed by atoms with Crippen molar-refractivity contribution in [2.45, 2.75) is 39.0 Å². The van der Waals surface area contributed by atoms with E-state index >= 15 is 0 Å². The number of rotatable bonds is 5. The van der Waals surface area contributed by atoms with E-state index in [4.69, 9.17) is 26.8 Å². The highest BCUT2D eigenvalue weighted by atomic mass is 35.5. The van der Waals surface area contributed by atoms with E-state index in [2.05, 4.69) is 18.2 Å². The summed E-state index contributed by atoms with van der Waals surface area (Å²) in [6, 6.07) is 9.80. The molecule has 3 rings (SSSR count). The molecule has 0 bridgehead atoms. The van der Waals surface area contributed by atoms with Gasteiger partial charge in [-0.2, -0.15) is 15.8 Å². The lowest BCUT2D eigenvalue weighted by molar-refractivity contribution is 0.284. The monoisotopic (exact) mass is 422 g/mol. The summed E-state index contributed by atoms with van der Waals surface area (Å²) in [5, 5.41) is 30.4. The molecule has 0 amide bonds. The van der Waals surface area contributed by atoms with E-state index < -0.39 is 11.3 Å². The van der Waals surface area contributed by atoms with Crippen LogP contribution >= 0.6 is 11.6 Å². The fourth-order valence-electron chi connectivity index (χ4n) is 4.54. The zero-order valence-corrected chi connectivity index (χ0v) is 17.8. The van der Waals surface area contributed by atoms with Gasteiger partial charge in [0.1, 0.15) is 6.07 Å². The van der Waals surface area contributed by atoms with E-state index in [1.54, 1.807) is 12.1 Å². The van der Waals surface area contributed by atoms with E-state index in [-0.39, 0.29) is 17.2 Å². The molecule has 2 aliphatic carbocycles. The first kappa shape index (κ1) is 21.6. The molecule has 30 heavy (non-hydrogen) atoms. The topological polar surface area (TPSA) is 116 Å². The maximum Gasteiger partial charge on any atom is 0.191 e. The third kappa shape index (κ3) is 3.26. The largest absolute Gasteiger partial charge is 0.490 e. The first-order valence-electron chi connectivity index (χ1n) is 10.0. The summed E-state index contributed by atoms with van der Waals surface area (Å²) < 4.78 is 11.4. The fraction of sp³-hybridized carbons (Fsp3) is 0.435. The third-order valence-electron chi connectivity index (χ3n) is 5.80. The van der Waals surface area contributed by atoms with Gasteiger partial charge in [-0.3, -0.25) is 0 Å². The van der Waals surface area contributed by atoms with Crippen LogP contribution in [-0.2, 0) is 0 Å². The maximum absolute atomic E-state index is 10.1. The summed E-state index contributed by atoms with van der Waals surface area (Å²) in [6.07, 6.45) is 4.44. The van der Waals surface area contributed by atoms with Gasteiger partial charge in [0.25, 0.3) is 0 Å². The Morgan fingerprint density at radius 2 is 1.77 bits per heavy atom. The van der Waals surface area contributed by atoms with E-state index in [1.807, 2.05) is 19.9 Å². The highest BCUT2D eigenvalue weighted by molar-refractivity contribution is 6.31. The van der Waals surface area contributed by atoms with Crippen LogP contribution in [0.15, 0.2) is 35.1 Å². The molecule has 2 aliphatic rings. The quantitative estimate of drug-likeness (QED) is 0.733. The number of nitrogens with two attached hydrogens (primary N) is 1. The number of benzene rings is 1. The van der Waals surface area contributed by atoms with Gasteiger partial charge in [0.15, 0.2) is 16.9 Å². The van der Waals surface area contributed by atoms with Gasteiger partial charge in [0.05, 0.1) is 36.6 Å². The predicted octanol–water partition coefficient (Wildman–Crippen LogP) is 4.73. The lowest BCUT2D eigenvalue weighted by Gasteiger charge is -2.43. The van der Waals surface area contributed by atoms with Crippen LogP contribution in [0.1, 0.15) is 44.6 Å². The Balaban J connectivity index is 2.32. The summed E-state index contributed by atoms with van der Waals surface area (Å²) in [7, 11) is 0. The van der Waals surface area contributed by atoms with E-state index in [1.165, 1.54) is 0 Å². The number of fused-ring (bicyclic) bond motifs is 1. The van der Waals surface area contributed by atoms with Crippen molar-refractivity contribution in [2.24, 2.45) is 17.1 Å². The summed E-state index contributed by atoms with van der Waals surface area (Å²) in [5.74, 6) is 0.158. The lowest BCUT2D eigenvalue weighted by Crippen LogP contribution is -2.42. The van der Waals surface area contributed by atoms with Gasteiger partial charge >= 0.3 is 0 Å². The van der Waals surface area contributed by atoms with Crippen LogP contribution in [-0.4, -0.2) is 13.2 Å². The third-order valence-corrected chi connectivity index (χ3v) is 6.12. The van der Waals surface area contributed by atoms with Gasteiger partial charge in [0, 0.05) is 17.0 Å². The average Bonchev–Trinajstić information content (AvgIpc) is 2.75. The number of allylic oxidation sites excluding steroid dienone is 4. The molecule has 0 spiro atoms. The second-order valence-corrected chi connectivity index (χ2v) is 7.70.